The van der Waals surface area contributed by atoms with Gasteiger partial charge in [0.05, 0.1) is 13.0 Å². The average Bonchev–Trinajstić information content (AvgIpc) is 2.63. The molecule has 0 amide bonds. The van der Waals surface area contributed by atoms with E-state index in [1.807, 2.05) is 0 Å². The average molecular weight is 253 g/mol. The molecule has 2 atom stereocenters. The molecule has 0 saturated carbocycles. The maximum Gasteiger partial charge on any atom is 0.390 e. The Hall–Kier alpha value is -0.780. The SMILES string of the molecule is CCOC(=O)[C@@H]1CCCN1[C@@H](C)CC(F)(F)F. The van der Waals surface area contributed by atoms with E-state index < -0.39 is 30.7 Å². The number of hydrogen-bond acceptors (Lipinski definition) is 3. The van der Waals surface area contributed by atoms with Crippen LogP contribution in [0, 0.1) is 0 Å². The number of nitrogens with zero attached hydrogens (tertiary/aromatic N) is 1. The minimum atomic E-state index is -4.19. The summed E-state index contributed by atoms with van der Waals surface area (Å²) in [6, 6.07) is -1.18. The van der Waals surface area contributed by atoms with E-state index in [9.17, 15) is 18.0 Å². The molecule has 6 heteroatoms. The second-order valence-corrected chi connectivity index (χ2v) is 4.32. The zero-order chi connectivity index (χ0) is 13.1. The number of halogens is 3. The second kappa shape index (κ2) is 5.71. The molecule has 1 aliphatic heterocycles. The summed E-state index contributed by atoms with van der Waals surface area (Å²) in [5.41, 5.74) is 0. The van der Waals surface area contributed by atoms with Crippen molar-refractivity contribution in [2.75, 3.05) is 13.2 Å². The van der Waals surface area contributed by atoms with Crippen LogP contribution < -0.4 is 0 Å². The molecular formula is C11H18F3NO2. The van der Waals surface area contributed by atoms with Gasteiger partial charge in [-0.3, -0.25) is 9.69 Å². The van der Waals surface area contributed by atoms with E-state index in [2.05, 4.69) is 0 Å². The Morgan fingerprint density at radius 1 is 1.53 bits per heavy atom. The van der Waals surface area contributed by atoms with Crippen LogP contribution in [-0.2, 0) is 9.53 Å². The molecule has 0 aliphatic carbocycles. The van der Waals surface area contributed by atoms with Crippen molar-refractivity contribution in [3.63, 3.8) is 0 Å². The lowest BCUT2D eigenvalue weighted by molar-refractivity contribution is -0.157. The molecule has 0 aromatic heterocycles. The van der Waals surface area contributed by atoms with Gasteiger partial charge in [0.15, 0.2) is 0 Å². The molecule has 0 spiro atoms. The van der Waals surface area contributed by atoms with Crippen LogP contribution in [0.4, 0.5) is 13.2 Å². The van der Waals surface area contributed by atoms with Crippen LogP contribution >= 0.6 is 0 Å². The largest absolute Gasteiger partial charge is 0.465 e. The monoisotopic (exact) mass is 253 g/mol. The highest BCUT2D eigenvalue weighted by Gasteiger charge is 2.39. The van der Waals surface area contributed by atoms with Crippen molar-refractivity contribution in [2.45, 2.75) is 51.4 Å². The fraction of sp³-hybridized carbons (Fsp3) is 0.909. The van der Waals surface area contributed by atoms with Crippen molar-refractivity contribution < 1.29 is 22.7 Å². The van der Waals surface area contributed by atoms with Gasteiger partial charge in [0, 0.05) is 6.04 Å². The van der Waals surface area contributed by atoms with Gasteiger partial charge in [-0.2, -0.15) is 13.2 Å². The molecule has 0 unspecified atom stereocenters. The predicted octanol–water partition coefficient (Wildman–Crippen LogP) is 2.35. The summed E-state index contributed by atoms with van der Waals surface area (Å²) in [4.78, 5) is 13.2. The third-order valence-electron chi connectivity index (χ3n) is 2.95. The van der Waals surface area contributed by atoms with Crippen LogP contribution in [0.15, 0.2) is 0 Å². The van der Waals surface area contributed by atoms with Crippen LogP contribution in [0.2, 0.25) is 0 Å². The van der Waals surface area contributed by atoms with Gasteiger partial charge in [0.2, 0.25) is 0 Å². The quantitative estimate of drug-likeness (QED) is 0.720. The normalized spacial score (nSPS) is 23.7. The van der Waals surface area contributed by atoms with Gasteiger partial charge in [0.25, 0.3) is 0 Å². The third kappa shape index (κ3) is 4.18. The zero-order valence-electron chi connectivity index (χ0n) is 10.1. The van der Waals surface area contributed by atoms with E-state index in [0.717, 1.165) is 6.42 Å². The molecule has 0 aromatic carbocycles. The lowest BCUT2D eigenvalue weighted by Gasteiger charge is -2.29. The molecule has 1 fully saturated rings. The smallest absolute Gasteiger partial charge is 0.390 e. The highest BCUT2D eigenvalue weighted by molar-refractivity contribution is 5.76. The van der Waals surface area contributed by atoms with Gasteiger partial charge in [-0.15, -0.1) is 0 Å². The Bertz CT molecular complexity index is 268. The van der Waals surface area contributed by atoms with Gasteiger partial charge in [-0.25, -0.2) is 0 Å². The lowest BCUT2D eigenvalue weighted by Crippen LogP contribution is -2.44. The summed E-state index contributed by atoms with van der Waals surface area (Å²) in [5.74, 6) is -0.404. The molecule has 0 N–H and O–H groups in total. The fourth-order valence-corrected chi connectivity index (χ4v) is 2.26. The molecule has 1 heterocycles. The molecule has 1 saturated heterocycles. The minimum absolute atomic E-state index is 0.261. The van der Waals surface area contributed by atoms with Crippen molar-refractivity contribution in [3.05, 3.63) is 0 Å². The van der Waals surface area contributed by atoms with Crippen LogP contribution in [0.5, 0.6) is 0 Å². The highest BCUT2D eigenvalue weighted by Crippen LogP contribution is 2.28. The summed E-state index contributed by atoms with van der Waals surface area (Å²) in [6.45, 7) is 3.99. The van der Waals surface area contributed by atoms with Gasteiger partial charge in [-0.1, -0.05) is 0 Å². The number of alkyl halides is 3. The molecule has 0 aromatic rings. The van der Waals surface area contributed by atoms with Gasteiger partial charge >= 0.3 is 12.1 Å². The molecule has 100 valence electrons. The van der Waals surface area contributed by atoms with E-state index in [0.29, 0.717) is 13.0 Å². The first kappa shape index (κ1) is 14.3. The summed E-state index contributed by atoms with van der Waals surface area (Å²) in [6.07, 6.45) is -3.75. The van der Waals surface area contributed by atoms with E-state index in [4.69, 9.17) is 4.74 Å². The Morgan fingerprint density at radius 3 is 2.71 bits per heavy atom. The van der Waals surface area contributed by atoms with Crippen LogP contribution in [0.25, 0.3) is 0 Å². The summed E-state index contributed by atoms with van der Waals surface area (Å²) in [7, 11) is 0. The second-order valence-electron chi connectivity index (χ2n) is 4.32. The molecule has 0 bridgehead atoms. The number of ether oxygens (including phenoxy) is 1. The third-order valence-corrected chi connectivity index (χ3v) is 2.95. The molecule has 0 radical (unpaired) electrons. The molecule has 1 aliphatic rings. The maximum atomic E-state index is 12.3. The fourth-order valence-electron chi connectivity index (χ4n) is 2.26. The van der Waals surface area contributed by atoms with Crippen LogP contribution in [0.1, 0.15) is 33.1 Å². The van der Waals surface area contributed by atoms with Gasteiger partial charge in [0.1, 0.15) is 6.04 Å². The van der Waals surface area contributed by atoms with Crippen molar-refractivity contribution in [1.82, 2.24) is 4.90 Å². The van der Waals surface area contributed by atoms with E-state index >= 15 is 0 Å². The Balaban J connectivity index is 2.59. The number of hydrogen-bond donors (Lipinski definition) is 0. The molecule has 17 heavy (non-hydrogen) atoms. The van der Waals surface area contributed by atoms with Crippen molar-refractivity contribution in [2.24, 2.45) is 0 Å². The topological polar surface area (TPSA) is 29.5 Å². The van der Waals surface area contributed by atoms with E-state index in [1.54, 1.807) is 11.8 Å². The number of carbonyl (C=O) groups is 1. The number of rotatable bonds is 4. The summed E-state index contributed by atoms with van der Waals surface area (Å²) in [5, 5.41) is 0. The Labute approximate surface area is 98.9 Å². The van der Waals surface area contributed by atoms with Crippen molar-refractivity contribution in [3.8, 4) is 0 Å². The standard InChI is InChI=1S/C11H18F3NO2/c1-3-17-10(16)9-5-4-6-15(9)8(2)7-11(12,13)14/h8-9H,3-7H2,1-2H3/t8-,9-/m0/s1. The first-order valence-electron chi connectivity index (χ1n) is 5.84. The Morgan fingerprint density at radius 2 is 2.18 bits per heavy atom. The van der Waals surface area contributed by atoms with Crippen LogP contribution in [0.3, 0.4) is 0 Å². The summed E-state index contributed by atoms with van der Waals surface area (Å²) >= 11 is 0. The first-order chi connectivity index (χ1) is 7.85. The predicted molar refractivity (Wildman–Crippen MR) is 56.5 cm³/mol. The molecule has 3 nitrogen and oxygen atoms in total. The van der Waals surface area contributed by atoms with Crippen molar-refractivity contribution in [1.29, 1.82) is 0 Å². The maximum absolute atomic E-state index is 12.3. The molecular weight excluding hydrogens is 235 g/mol. The lowest BCUT2D eigenvalue weighted by atomic mass is 10.1. The molecule has 1 rings (SSSR count). The highest BCUT2D eigenvalue weighted by atomic mass is 19.4. The van der Waals surface area contributed by atoms with Gasteiger partial charge < -0.3 is 4.74 Å². The Kier molecular flexibility index (Phi) is 4.80. The number of likely N-dealkylation sites (tertiary alicyclic amines) is 1. The van der Waals surface area contributed by atoms with Crippen molar-refractivity contribution >= 4 is 5.97 Å². The van der Waals surface area contributed by atoms with E-state index in [1.165, 1.54) is 6.92 Å². The summed E-state index contributed by atoms with van der Waals surface area (Å²) < 4.78 is 41.8. The van der Waals surface area contributed by atoms with E-state index in [-0.39, 0.29) is 6.61 Å². The minimum Gasteiger partial charge on any atom is -0.465 e. The van der Waals surface area contributed by atoms with Gasteiger partial charge in [-0.05, 0) is 33.2 Å². The number of carbonyl (C=O) groups excluding carboxylic acids is 1. The first-order valence-corrected chi connectivity index (χ1v) is 5.84. The number of esters is 1. The van der Waals surface area contributed by atoms with Crippen LogP contribution in [-0.4, -0.2) is 42.3 Å². The zero-order valence-corrected chi connectivity index (χ0v) is 10.1.